The number of rotatable bonds is 7. The summed E-state index contributed by atoms with van der Waals surface area (Å²) in [5, 5.41) is 0. The molecule has 1 aromatic carbocycles. The van der Waals surface area contributed by atoms with Crippen molar-refractivity contribution >= 4 is 25.7 Å². The number of phosphoric ester groups is 1. The minimum atomic E-state index is -4.76. The van der Waals surface area contributed by atoms with E-state index in [4.69, 9.17) is 14.0 Å². The number of ether oxygens (including phenoxy) is 2. The van der Waals surface area contributed by atoms with Gasteiger partial charge in [-0.1, -0.05) is 18.7 Å². The van der Waals surface area contributed by atoms with Crippen LogP contribution in [-0.2, 0) is 24.9 Å². The summed E-state index contributed by atoms with van der Waals surface area (Å²) in [5.74, 6) is 1.21. The van der Waals surface area contributed by atoms with Gasteiger partial charge in [0.2, 0.25) is 0 Å². The van der Waals surface area contributed by atoms with Gasteiger partial charge in [0.25, 0.3) is 0 Å². The first-order valence-electron chi connectivity index (χ1n) is 9.39. The molecular formula is C20H27N2O6P. The van der Waals surface area contributed by atoms with Crippen LogP contribution < -0.4 is 4.52 Å². The Hall–Kier alpha value is -2.15. The van der Waals surface area contributed by atoms with Crippen molar-refractivity contribution in [2.24, 2.45) is 9.98 Å². The van der Waals surface area contributed by atoms with E-state index in [9.17, 15) is 14.4 Å². The van der Waals surface area contributed by atoms with Crippen LogP contribution in [0, 0.1) is 0 Å². The van der Waals surface area contributed by atoms with Crippen LogP contribution in [0.4, 0.5) is 0 Å². The highest BCUT2D eigenvalue weighted by Crippen LogP contribution is 2.46. The van der Waals surface area contributed by atoms with Crippen LogP contribution in [0.25, 0.3) is 6.08 Å². The summed E-state index contributed by atoms with van der Waals surface area (Å²) >= 11 is 0. The number of phosphoric acid groups is 1. The van der Waals surface area contributed by atoms with Crippen LogP contribution in [0.1, 0.15) is 44.4 Å². The minimum absolute atomic E-state index is 0.0452. The largest absolute Gasteiger partial charge is 0.524 e. The van der Waals surface area contributed by atoms with Gasteiger partial charge in [0.1, 0.15) is 19.0 Å². The zero-order valence-corrected chi connectivity index (χ0v) is 18.0. The van der Waals surface area contributed by atoms with Crippen molar-refractivity contribution in [3.63, 3.8) is 0 Å². The molecule has 2 aliphatic heterocycles. The van der Waals surface area contributed by atoms with E-state index in [1.54, 1.807) is 12.1 Å². The molecule has 0 bridgehead atoms. The number of nitrogens with zero attached hydrogens (tertiary/aromatic N) is 2. The summed E-state index contributed by atoms with van der Waals surface area (Å²) in [6, 6.07) is 3.33. The molecule has 0 fully saturated rings. The lowest BCUT2D eigenvalue weighted by molar-refractivity contribution is 0.282. The number of aliphatic imine (C=N–C) groups is 2. The molecule has 0 saturated carbocycles. The van der Waals surface area contributed by atoms with Crippen molar-refractivity contribution in [2.45, 2.75) is 38.5 Å². The third-order valence-electron chi connectivity index (χ3n) is 5.17. The molecule has 0 aliphatic carbocycles. The van der Waals surface area contributed by atoms with Gasteiger partial charge in [0.05, 0.1) is 23.9 Å². The predicted molar refractivity (Wildman–Crippen MR) is 112 cm³/mol. The molecule has 29 heavy (non-hydrogen) atoms. The fraction of sp³-hybridized carbons (Fsp3) is 0.500. The lowest BCUT2D eigenvalue weighted by Gasteiger charge is -2.35. The average molecular weight is 422 g/mol. The molecule has 2 N–H and O–H groups in total. The Labute approximate surface area is 170 Å². The summed E-state index contributed by atoms with van der Waals surface area (Å²) in [5.41, 5.74) is 0.790. The molecule has 3 rings (SSSR count). The predicted octanol–water partition coefficient (Wildman–Crippen LogP) is 3.21. The SMILES string of the molecule is C=Cc1c(OP(=O)(O)O)ccc(C(C)(C)C2=NCCO2)c1C(C)(C)C1=NCCO1. The van der Waals surface area contributed by atoms with Gasteiger partial charge in [-0.2, -0.15) is 0 Å². The molecule has 0 atom stereocenters. The van der Waals surface area contributed by atoms with Crippen LogP contribution in [0.5, 0.6) is 5.75 Å². The van der Waals surface area contributed by atoms with Gasteiger partial charge in [-0.15, -0.1) is 0 Å². The monoisotopic (exact) mass is 422 g/mol. The second-order valence-corrected chi connectivity index (χ2v) is 9.17. The molecule has 0 aromatic heterocycles. The normalized spacial score (nSPS) is 17.3. The fourth-order valence-electron chi connectivity index (χ4n) is 3.85. The maximum absolute atomic E-state index is 11.5. The Bertz CT molecular complexity index is 929. The standard InChI is InChI=1S/C20H27N2O6P/c1-6-13-15(28-29(23,24)25)8-7-14(19(2,3)17-21-9-11-26-17)16(13)20(4,5)18-22-10-12-27-18/h6-8H,1,9-12H2,2-5H3,(H2,23,24,25). The highest BCUT2D eigenvalue weighted by atomic mass is 31.2. The minimum Gasteiger partial charge on any atom is -0.478 e. The Kier molecular flexibility index (Phi) is 5.64. The van der Waals surface area contributed by atoms with Crippen molar-refractivity contribution in [1.82, 2.24) is 0 Å². The van der Waals surface area contributed by atoms with E-state index in [0.717, 1.165) is 11.1 Å². The number of hydrogen-bond acceptors (Lipinski definition) is 6. The third kappa shape index (κ3) is 4.10. The van der Waals surface area contributed by atoms with Crippen LogP contribution in [0.3, 0.4) is 0 Å². The van der Waals surface area contributed by atoms with Crippen molar-refractivity contribution < 1.29 is 28.3 Å². The Morgan fingerprint density at radius 2 is 1.62 bits per heavy atom. The first-order valence-corrected chi connectivity index (χ1v) is 10.9. The van der Waals surface area contributed by atoms with Crippen LogP contribution >= 0.6 is 7.82 Å². The molecular weight excluding hydrogens is 395 g/mol. The first-order chi connectivity index (χ1) is 13.5. The molecule has 158 valence electrons. The van der Waals surface area contributed by atoms with Crippen molar-refractivity contribution in [3.8, 4) is 5.75 Å². The number of hydrogen-bond donors (Lipinski definition) is 2. The lowest BCUT2D eigenvalue weighted by Crippen LogP contribution is -2.37. The zero-order valence-electron chi connectivity index (χ0n) is 17.1. The molecule has 1 aromatic rings. The van der Waals surface area contributed by atoms with E-state index in [2.05, 4.69) is 16.6 Å². The van der Waals surface area contributed by atoms with E-state index < -0.39 is 18.7 Å². The Balaban J connectivity index is 2.28. The molecule has 0 saturated heterocycles. The maximum atomic E-state index is 11.5. The summed E-state index contributed by atoms with van der Waals surface area (Å²) in [6.07, 6.45) is 1.54. The highest BCUT2D eigenvalue weighted by Gasteiger charge is 2.42. The summed E-state index contributed by atoms with van der Waals surface area (Å²) < 4.78 is 28.0. The summed E-state index contributed by atoms with van der Waals surface area (Å²) in [6.45, 7) is 14.0. The molecule has 0 amide bonds. The van der Waals surface area contributed by atoms with Gasteiger partial charge >= 0.3 is 7.82 Å². The smallest absolute Gasteiger partial charge is 0.478 e. The molecule has 0 radical (unpaired) electrons. The van der Waals surface area contributed by atoms with Crippen molar-refractivity contribution in [3.05, 3.63) is 35.4 Å². The molecule has 8 nitrogen and oxygen atoms in total. The van der Waals surface area contributed by atoms with E-state index in [-0.39, 0.29) is 5.75 Å². The molecule has 2 heterocycles. The summed E-state index contributed by atoms with van der Waals surface area (Å²) in [4.78, 5) is 27.7. The second-order valence-electron chi connectivity index (χ2n) is 8.01. The van der Waals surface area contributed by atoms with Gasteiger partial charge in [-0.3, -0.25) is 19.8 Å². The van der Waals surface area contributed by atoms with E-state index >= 15 is 0 Å². The quantitative estimate of drug-likeness (QED) is 0.653. The molecule has 0 spiro atoms. The first kappa shape index (κ1) is 21.6. The van der Waals surface area contributed by atoms with Gasteiger partial charge in [0, 0.05) is 5.56 Å². The Morgan fingerprint density at radius 3 is 2.07 bits per heavy atom. The molecule has 9 heteroatoms. The molecule has 2 aliphatic rings. The fourth-order valence-corrected chi connectivity index (χ4v) is 4.27. The van der Waals surface area contributed by atoms with Crippen molar-refractivity contribution in [2.75, 3.05) is 26.3 Å². The topological polar surface area (TPSA) is 110 Å². The van der Waals surface area contributed by atoms with Crippen LogP contribution in [-0.4, -0.2) is 47.9 Å². The van der Waals surface area contributed by atoms with E-state index in [0.29, 0.717) is 43.7 Å². The zero-order chi connectivity index (χ0) is 21.4. The Morgan fingerprint density at radius 1 is 1.07 bits per heavy atom. The van der Waals surface area contributed by atoms with E-state index in [1.807, 2.05) is 27.7 Å². The molecule has 0 unspecified atom stereocenters. The summed E-state index contributed by atoms with van der Waals surface area (Å²) in [7, 11) is -4.76. The highest BCUT2D eigenvalue weighted by molar-refractivity contribution is 7.46. The maximum Gasteiger partial charge on any atom is 0.524 e. The van der Waals surface area contributed by atoms with Crippen LogP contribution in [0.2, 0.25) is 0 Å². The average Bonchev–Trinajstić information content (AvgIpc) is 3.33. The van der Waals surface area contributed by atoms with Crippen LogP contribution in [0.15, 0.2) is 28.7 Å². The second kappa shape index (κ2) is 7.59. The lowest BCUT2D eigenvalue weighted by atomic mass is 9.71. The van der Waals surface area contributed by atoms with E-state index in [1.165, 1.54) is 6.08 Å². The third-order valence-corrected chi connectivity index (χ3v) is 5.60. The van der Waals surface area contributed by atoms with Gasteiger partial charge < -0.3 is 14.0 Å². The van der Waals surface area contributed by atoms with Gasteiger partial charge in [0.15, 0.2) is 11.8 Å². The number of benzene rings is 1. The van der Waals surface area contributed by atoms with Gasteiger partial charge in [-0.05, 0) is 44.9 Å². The van der Waals surface area contributed by atoms with Crippen molar-refractivity contribution in [1.29, 1.82) is 0 Å². The van der Waals surface area contributed by atoms with Gasteiger partial charge in [-0.25, -0.2) is 4.57 Å².